The molecule has 124 valence electrons. The third-order valence-corrected chi connectivity index (χ3v) is 4.33. The van der Waals surface area contributed by atoms with E-state index in [1.54, 1.807) is 0 Å². The fourth-order valence-corrected chi connectivity index (χ4v) is 3.05. The van der Waals surface area contributed by atoms with E-state index >= 15 is 0 Å². The first-order valence-corrected chi connectivity index (χ1v) is 8.19. The highest BCUT2D eigenvalue weighted by Gasteiger charge is 2.30. The van der Waals surface area contributed by atoms with Crippen LogP contribution < -0.4 is 4.72 Å². The average Bonchev–Trinajstić information content (AvgIpc) is 2.47. The molecule has 2 aromatic carbocycles. The lowest BCUT2D eigenvalue weighted by molar-refractivity contribution is -0.137. The van der Waals surface area contributed by atoms with Crippen molar-refractivity contribution in [2.24, 2.45) is 0 Å². The predicted octanol–water partition coefficient (Wildman–Crippen LogP) is 3.46. The highest BCUT2D eigenvalue weighted by molar-refractivity contribution is 7.88. The fraction of sp³-hybridized carbons (Fsp3) is 0.200. The lowest BCUT2D eigenvalue weighted by atomic mass is 10.1. The average molecular weight is 347 g/mol. The first-order valence-electron chi connectivity index (χ1n) is 6.54. The molecule has 0 saturated heterocycles. The van der Waals surface area contributed by atoms with Crippen molar-refractivity contribution in [3.8, 4) is 0 Å². The number of rotatable bonds is 5. The summed E-state index contributed by atoms with van der Waals surface area (Å²) in [5.74, 6) is -1.24. The molecule has 0 fully saturated rings. The van der Waals surface area contributed by atoms with Gasteiger partial charge in [-0.3, -0.25) is 0 Å². The van der Waals surface area contributed by atoms with Gasteiger partial charge in [0.15, 0.2) is 0 Å². The number of benzene rings is 2. The van der Waals surface area contributed by atoms with E-state index in [1.165, 1.54) is 30.3 Å². The Morgan fingerprint density at radius 2 is 1.70 bits per heavy atom. The van der Waals surface area contributed by atoms with E-state index < -0.39 is 33.3 Å². The van der Waals surface area contributed by atoms with Gasteiger partial charge in [-0.2, -0.15) is 13.2 Å². The van der Waals surface area contributed by atoms with Gasteiger partial charge < -0.3 is 0 Å². The van der Waals surface area contributed by atoms with Crippen LogP contribution in [0.2, 0.25) is 0 Å². The molecule has 0 unspecified atom stereocenters. The van der Waals surface area contributed by atoms with E-state index in [1.807, 2.05) is 0 Å². The lowest BCUT2D eigenvalue weighted by Gasteiger charge is -2.10. The SMILES string of the molecule is O=S(=O)(Cc1ccccc1F)NCc1cccc(C(F)(F)F)c1. The van der Waals surface area contributed by atoms with Crippen LogP contribution in [-0.2, 0) is 28.5 Å². The maximum absolute atomic E-state index is 13.5. The van der Waals surface area contributed by atoms with Gasteiger partial charge in [0.05, 0.1) is 11.3 Å². The fourth-order valence-electron chi connectivity index (χ4n) is 1.92. The molecule has 1 N–H and O–H groups in total. The Morgan fingerprint density at radius 1 is 1.00 bits per heavy atom. The Morgan fingerprint density at radius 3 is 2.35 bits per heavy atom. The number of nitrogens with one attached hydrogen (secondary N) is 1. The van der Waals surface area contributed by atoms with E-state index in [4.69, 9.17) is 0 Å². The third-order valence-electron chi connectivity index (χ3n) is 3.05. The smallest absolute Gasteiger partial charge is 0.212 e. The Kier molecular flexibility index (Phi) is 5.06. The van der Waals surface area contributed by atoms with Crippen LogP contribution in [-0.4, -0.2) is 8.42 Å². The molecule has 0 aromatic heterocycles. The van der Waals surface area contributed by atoms with E-state index in [-0.39, 0.29) is 17.7 Å². The van der Waals surface area contributed by atoms with Gasteiger partial charge in [-0.05, 0) is 17.7 Å². The van der Waals surface area contributed by atoms with Gasteiger partial charge in [0, 0.05) is 12.1 Å². The molecule has 2 aromatic rings. The van der Waals surface area contributed by atoms with E-state index in [2.05, 4.69) is 4.72 Å². The molecular formula is C15H13F4NO2S. The number of hydrogen-bond donors (Lipinski definition) is 1. The molecule has 23 heavy (non-hydrogen) atoms. The molecule has 0 heterocycles. The molecule has 0 saturated carbocycles. The molecule has 2 rings (SSSR count). The van der Waals surface area contributed by atoms with Gasteiger partial charge in [0.25, 0.3) is 0 Å². The van der Waals surface area contributed by atoms with Gasteiger partial charge >= 0.3 is 6.18 Å². The Bertz CT molecular complexity index is 788. The van der Waals surface area contributed by atoms with E-state index in [9.17, 15) is 26.0 Å². The standard InChI is InChI=1S/C15H13F4NO2S/c16-14-7-2-1-5-12(14)10-23(21,22)20-9-11-4-3-6-13(8-11)15(17,18)19/h1-8,20H,9-10H2. The minimum absolute atomic E-state index is 0.0101. The quantitative estimate of drug-likeness (QED) is 0.842. The summed E-state index contributed by atoms with van der Waals surface area (Å²) < 4.78 is 77.2. The zero-order valence-electron chi connectivity index (χ0n) is 11.8. The van der Waals surface area contributed by atoms with Crippen LogP contribution in [0, 0.1) is 5.82 Å². The summed E-state index contributed by atoms with van der Waals surface area (Å²) in [7, 11) is -3.87. The van der Waals surface area contributed by atoms with Crippen molar-refractivity contribution in [1.82, 2.24) is 4.72 Å². The lowest BCUT2D eigenvalue weighted by Crippen LogP contribution is -2.25. The van der Waals surface area contributed by atoms with Crippen molar-refractivity contribution in [2.75, 3.05) is 0 Å². The molecule has 0 spiro atoms. The topological polar surface area (TPSA) is 46.2 Å². The van der Waals surface area contributed by atoms with Crippen LogP contribution in [0.5, 0.6) is 0 Å². The summed E-state index contributed by atoms with van der Waals surface area (Å²) in [4.78, 5) is 0. The molecule has 0 radical (unpaired) electrons. The summed E-state index contributed by atoms with van der Waals surface area (Å²) in [6.45, 7) is -0.305. The van der Waals surface area contributed by atoms with Crippen LogP contribution in [0.1, 0.15) is 16.7 Å². The second-order valence-corrected chi connectivity index (χ2v) is 6.68. The van der Waals surface area contributed by atoms with Gasteiger partial charge in [-0.15, -0.1) is 0 Å². The second-order valence-electron chi connectivity index (χ2n) is 4.87. The van der Waals surface area contributed by atoms with Gasteiger partial charge in [-0.25, -0.2) is 17.5 Å². The molecule has 8 heteroatoms. The van der Waals surface area contributed by atoms with Crippen LogP contribution in [0.15, 0.2) is 48.5 Å². The highest BCUT2D eigenvalue weighted by atomic mass is 32.2. The van der Waals surface area contributed by atoms with Crippen LogP contribution >= 0.6 is 0 Å². The summed E-state index contributed by atoms with van der Waals surface area (Å²) in [6, 6.07) is 9.74. The minimum atomic E-state index is -4.50. The van der Waals surface area contributed by atoms with E-state index in [0.29, 0.717) is 0 Å². The molecule has 3 nitrogen and oxygen atoms in total. The molecule has 0 aliphatic carbocycles. The maximum atomic E-state index is 13.5. The molecule has 0 aliphatic heterocycles. The van der Waals surface area contributed by atoms with Crippen molar-refractivity contribution < 1.29 is 26.0 Å². The maximum Gasteiger partial charge on any atom is 0.416 e. The number of hydrogen-bond acceptors (Lipinski definition) is 2. The Hall–Kier alpha value is -1.93. The first kappa shape index (κ1) is 17.4. The van der Waals surface area contributed by atoms with Crippen LogP contribution in [0.3, 0.4) is 0 Å². The number of alkyl halides is 3. The van der Waals surface area contributed by atoms with Crippen molar-refractivity contribution in [1.29, 1.82) is 0 Å². The van der Waals surface area contributed by atoms with Gasteiger partial charge in [-0.1, -0.05) is 36.4 Å². The number of halogens is 4. The summed E-state index contributed by atoms with van der Waals surface area (Å²) >= 11 is 0. The highest BCUT2D eigenvalue weighted by Crippen LogP contribution is 2.29. The Labute approximate surface area is 131 Å². The van der Waals surface area contributed by atoms with Gasteiger partial charge in [0.2, 0.25) is 10.0 Å². The van der Waals surface area contributed by atoms with Crippen molar-refractivity contribution in [3.05, 3.63) is 71.0 Å². The molecule has 0 atom stereocenters. The third kappa shape index (κ3) is 5.04. The molecule has 0 bridgehead atoms. The first-order chi connectivity index (χ1) is 10.7. The second kappa shape index (κ2) is 6.67. The van der Waals surface area contributed by atoms with E-state index in [0.717, 1.165) is 18.2 Å². The normalized spacial score (nSPS) is 12.3. The Balaban J connectivity index is 2.07. The van der Waals surface area contributed by atoms with Crippen molar-refractivity contribution >= 4 is 10.0 Å². The number of sulfonamides is 1. The zero-order valence-corrected chi connectivity index (χ0v) is 12.6. The zero-order chi connectivity index (χ0) is 17.1. The predicted molar refractivity (Wildman–Crippen MR) is 77.3 cm³/mol. The summed E-state index contributed by atoms with van der Waals surface area (Å²) in [5.41, 5.74) is -0.704. The van der Waals surface area contributed by atoms with Crippen molar-refractivity contribution in [3.63, 3.8) is 0 Å². The van der Waals surface area contributed by atoms with Gasteiger partial charge in [0.1, 0.15) is 5.82 Å². The minimum Gasteiger partial charge on any atom is -0.212 e. The molecule has 0 aliphatic rings. The molecule has 0 amide bonds. The van der Waals surface area contributed by atoms with Crippen LogP contribution in [0.25, 0.3) is 0 Å². The van der Waals surface area contributed by atoms with Crippen molar-refractivity contribution in [2.45, 2.75) is 18.5 Å². The molecular weight excluding hydrogens is 334 g/mol. The monoisotopic (exact) mass is 347 g/mol. The summed E-state index contributed by atoms with van der Waals surface area (Å²) in [5, 5.41) is 0. The summed E-state index contributed by atoms with van der Waals surface area (Å²) in [6.07, 6.45) is -4.50. The largest absolute Gasteiger partial charge is 0.416 e. The van der Waals surface area contributed by atoms with Crippen LogP contribution in [0.4, 0.5) is 17.6 Å².